The molecule has 0 bridgehead atoms. The quantitative estimate of drug-likeness (QED) is 0.532. The molecular weight excluding hydrogens is 258 g/mol. The maximum absolute atomic E-state index is 11.0. The molecule has 5 nitrogen and oxygen atoms in total. The Morgan fingerprint density at radius 2 is 2.05 bits per heavy atom. The highest BCUT2D eigenvalue weighted by Crippen LogP contribution is 2.20. The molecule has 0 spiro atoms. The van der Waals surface area contributed by atoms with Gasteiger partial charge in [-0.05, 0) is 39.0 Å². The van der Waals surface area contributed by atoms with E-state index in [1.54, 1.807) is 0 Å². The van der Waals surface area contributed by atoms with Crippen LogP contribution in [0.1, 0.15) is 58.8 Å². The normalized spacial score (nSPS) is 22.1. The first kappa shape index (κ1) is 16.7. The molecule has 114 valence electrons. The van der Waals surface area contributed by atoms with Gasteiger partial charge in [-0.15, -0.1) is 0 Å². The molecule has 20 heavy (non-hydrogen) atoms. The van der Waals surface area contributed by atoms with E-state index < -0.39 is 0 Å². The number of carbonyl (C=O) groups is 2. The van der Waals surface area contributed by atoms with E-state index in [9.17, 15) is 9.59 Å². The zero-order valence-corrected chi connectivity index (χ0v) is 12.7. The van der Waals surface area contributed by atoms with Gasteiger partial charge in [0.15, 0.2) is 0 Å². The average molecular weight is 283 g/mol. The first-order valence-electron chi connectivity index (χ1n) is 7.32. The van der Waals surface area contributed by atoms with Gasteiger partial charge < -0.3 is 9.47 Å². The molecule has 0 saturated heterocycles. The lowest BCUT2D eigenvalue weighted by atomic mass is 9.97. The van der Waals surface area contributed by atoms with Crippen molar-refractivity contribution in [3.63, 3.8) is 0 Å². The van der Waals surface area contributed by atoms with Crippen LogP contribution < -0.4 is 0 Å². The summed E-state index contributed by atoms with van der Waals surface area (Å²) in [6.45, 7) is 3.43. The molecule has 0 aromatic carbocycles. The minimum atomic E-state index is -0.233. The number of methoxy groups -OCH3 is 1. The van der Waals surface area contributed by atoms with Gasteiger partial charge in [-0.1, -0.05) is 6.42 Å². The number of nitrogens with zero attached hydrogens (tertiary/aromatic N) is 1. The summed E-state index contributed by atoms with van der Waals surface area (Å²) in [5.74, 6) is -0.374. The average Bonchev–Trinajstić information content (AvgIpc) is 2.40. The van der Waals surface area contributed by atoms with Crippen LogP contribution in [0.3, 0.4) is 0 Å². The number of unbranched alkanes of at least 4 members (excludes halogenated alkanes) is 2. The third-order valence-corrected chi connectivity index (χ3v) is 3.53. The molecule has 1 aliphatic heterocycles. The number of esters is 2. The van der Waals surface area contributed by atoms with Crippen molar-refractivity contribution in [2.75, 3.05) is 7.11 Å². The molecule has 2 atom stereocenters. The van der Waals surface area contributed by atoms with Crippen molar-refractivity contribution >= 4 is 17.7 Å². The van der Waals surface area contributed by atoms with E-state index in [-0.39, 0.29) is 24.1 Å². The summed E-state index contributed by atoms with van der Waals surface area (Å²) >= 11 is 0. The van der Waals surface area contributed by atoms with Gasteiger partial charge in [0.05, 0.1) is 13.2 Å². The van der Waals surface area contributed by atoms with Crippen molar-refractivity contribution in [3.8, 4) is 0 Å². The van der Waals surface area contributed by atoms with Crippen LogP contribution in [0.25, 0.3) is 0 Å². The highest BCUT2D eigenvalue weighted by Gasteiger charge is 2.24. The van der Waals surface area contributed by atoms with Crippen LogP contribution in [0.15, 0.2) is 4.99 Å². The van der Waals surface area contributed by atoms with E-state index in [0.717, 1.165) is 38.5 Å². The van der Waals surface area contributed by atoms with Crippen molar-refractivity contribution in [1.29, 1.82) is 0 Å². The zero-order valence-electron chi connectivity index (χ0n) is 12.7. The molecule has 1 heterocycles. The molecule has 0 fully saturated rings. The minimum Gasteiger partial charge on any atom is -0.469 e. The van der Waals surface area contributed by atoms with Crippen molar-refractivity contribution in [2.45, 2.75) is 70.9 Å². The Hall–Kier alpha value is -1.39. The van der Waals surface area contributed by atoms with Gasteiger partial charge in [0.1, 0.15) is 6.10 Å². The number of rotatable bonds is 7. The summed E-state index contributed by atoms with van der Waals surface area (Å²) in [6, 6.07) is 0.0534. The molecule has 1 aliphatic rings. The smallest absolute Gasteiger partial charge is 0.305 e. The number of hydrogen-bond acceptors (Lipinski definition) is 5. The number of carbonyl (C=O) groups excluding carboxylic acids is 2. The highest BCUT2D eigenvalue weighted by molar-refractivity contribution is 5.85. The SMILES string of the molecule is COC(=O)CCCCCC1=N[C@@H](C)[C@@H](OC(C)=O)CC1. The van der Waals surface area contributed by atoms with Crippen LogP contribution in [0.5, 0.6) is 0 Å². The van der Waals surface area contributed by atoms with Crippen LogP contribution in [0.4, 0.5) is 0 Å². The lowest BCUT2D eigenvalue weighted by molar-refractivity contribution is -0.147. The summed E-state index contributed by atoms with van der Waals surface area (Å²) in [6.07, 6.45) is 6.07. The molecule has 0 aromatic heterocycles. The maximum Gasteiger partial charge on any atom is 0.305 e. The van der Waals surface area contributed by atoms with Crippen molar-refractivity contribution in [3.05, 3.63) is 0 Å². The van der Waals surface area contributed by atoms with E-state index >= 15 is 0 Å². The third kappa shape index (κ3) is 6.17. The van der Waals surface area contributed by atoms with E-state index in [2.05, 4.69) is 9.73 Å². The third-order valence-electron chi connectivity index (χ3n) is 3.53. The van der Waals surface area contributed by atoms with Gasteiger partial charge in [0.2, 0.25) is 0 Å². The van der Waals surface area contributed by atoms with Crippen LogP contribution in [0, 0.1) is 0 Å². The molecule has 1 rings (SSSR count). The Balaban J connectivity index is 2.22. The van der Waals surface area contributed by atoms with E-state index in [4.69, 9.17) is 4.74 Å². The van der Waals surface area contributed by atoms with E-state index in [1.165, 1.54) is 19.7 Å². The molecule has 0 amide bonds. The fourth-order valence-corrected chi connectivity index (χ4v) is 2.42. The summed E-state index contributed by atoms with van der Waals surface area (Å²) in [5, 5.41) is 0. The van der Waals surface area contributed by atoms with Gasteiger partial charge in [-0.2, -0.15) is 0 Å². The van der Waals surface area contributed by atoms with Crippen LogP contribution in [-0.2, 0) is 19.1 Å². The minimum absolute atomic E-state index is 0.0534. The van der Waals surface area contributed by atoms with Crippen molar-refractivity contribution in [2.24, 2.45) is 4.99 Å². The largest absolute Gasteiger partial charge is 0.469 e. The summed E-state index contributed by atoms with van der Waals surface area (Å²) in [5.41, 5.74) is 1.21. The number of aliphatic imine (C=N–C) groups is 1. The Bertz CT molecular complexity index is 365. The van der Waals surface area contributed by atoms with Crippen LogP contribution >= 0.6 is 0 Å². The molecular formula is C15H25NO4. The summed E-state index contributed by atoms with van der Waals surface area (Å²) in [4.78, 5) is 26.5. The summed E-state index contributed by atoms with van der Waals surface area (Å²) in [7, 11) is 1.42. The van der Waals surface area contributed by atoms with Gasteiger partial charge in [0.25, 0.3) is 0 Å². The van der Waals surface area contributed by atoms with Crippen molar-refractivity contribution < 1.29 is 19.1 Å². The fraction of sp³-hybridized carbons (Fsp3) is 0.800. The molecule has 0 aromatic rings. The second-order valence-corrected chi connectivity index (χ2v) is 5.26. The second kappa shape index (κ2) is 8.72. The van der Waals surface area contributed by atoms with Gasteiger partial charge in [0, 0.05) is 19.1 Å². The van der Waals surface area contributed by atoms with Crippen LogP contribution in [-0.4, -0.2) is 36.9 Å². The summed E-state index contributed by atoms with van der Waals surface area (Å²) < 4.78 is 9.84. The molecule has 0 unspecified atom stereocenters. The molecule has 5 heteroatoms. The predicted octanol–water partition coefficient (Wildman–Crippen LogP) is 2.66. The van der Waals surface area contributed by atoms with Gasteiger partial charge in [-0.25, -0.2) is 0 Å². The molecule has 0 N–H and O–H groups in total. The number of hydrogen-bond donors (Lipinski definition) is 0. The van der Waals surface area contributed by atoms with Gasteiger partial charge >= 0.3 is 11.9 Å². The highest BCUT2D eigenvalue weighted by atomic mass is 16.5. The molecule has 0 radical (unpaired) electrons. The Morgan fingerprint density at radius 3 is 2.65 bits per heavy atom. The fourth-order valence-electron chi connectivity index (χ4n) is 2.42. The first-order chi connectivity index (χ1) is 9.52. The van der Waals surface area contributed by atoms with E-state index in [0.29, 0.717) is 6.42 Å². The topological polar surface area (TPSA) is 65.0 Å². The standard InChI is InChI=1S/C15H25NO4/c1-11-14(20-12(2)17)10-9-13(16-11)7-5-4-6-8-15(18)19-3/h11,14H,4-10H2,1-3H3/t11-,14-/m0/s1. The lowest BCUT2D eigenvalue weighted by Gasteiger charge is -2.26. The first-order valence-corrected chi connectivity index (χ1v) is 7.32. The monoisotopic (exact) mass is 283 g/mol. The zero-order chi connectivity index (χ0) is 15.0. The van der Waals surface area contributed by atoms with Crippen LogP contribution in [0.2, 0.25) is 0 Å². The van der Waals surface area contributed by atoms with Gasteiger partial charge in [-0.3, -0.25) is 14.6 Å². The number of ether oxygens (including phenoxy) is 2. The Labute approximate surface area is 120 Å². The lowest BCUT2D eigenvalue weighted by Crippen LogP contribution is -2.32. The Morgan fingerprint density at radius 1 is 1.30 bits per heavy atom. The van der Waals surface area contributed by atoms with Crippen molar-refractivity contribution in [1.82, 2.24) is 0 Å². The second-order valence-electron chi connectivity index (χ2n) is 5.26. The maximum atomic E-state index is 11.0. The predicted molar refractivity (Wildman–Crippen MR) is 76.8 cm³/mol. The molecule has 0 saturated carbocycles. The van der Waals surface area contributed by atoms with E-state index in [1.807, 2.05) is 6.92 Å². The Kier molecular flexibility index (Phi) is 7.26. The molecule has 0 aliphatic carbocycles.